The SMILES string of the molecule is CC(C)(C)NC(=O)c1cc(CC(=O)Cc2cc(Cl)ccc2O)ccc1O. The van der Waals surface area contributed by atoms with Crippen molar-refractivity contribution in [1.29, 1.82) is 0 Å². The second-order valence-electron chi connectivity index (χ2n) is 7.22. The molecule has 0 spiro atoms. The van der Waals surface area contributed by atoms with Crippen LogP contribution in [0.3, 0.4) is 0 Å². The minimum absolute atomic E-state index is 0.0127. The van der Waals surface area contributed by atoms with Gasteiger partial charge in [-0.05, 0) is 56.7 Å². The van der Waals surface area contributed by atoms with Gasteiger partial charge in [0.1, 0.15) is 17.3 Å². The van der Waals surface area contributed by atoms with Crippen molar-refractivity contribution < 1.29 is 19.8 Å². The average Bonchev–Trinajstić information content (AvgIpc) is 2.51. The second-order valence-corrected chi connectivity index (χ2v) is 7.66. The number of nitrogens with one attached hydrogen (secondary N) is 1. The van der Waals surface area contributed by atoms with E-state index in [-0.39, 0.29) is 35.7 Å². The molecule has 0 saturated heterocycles. The Balaban J connectivity index is 2.14. The third-order valence-corrected chi connectivity index (χ3v) is 3.86. The van der Waals surface area contributed by atoms with Crippen LogP contribution >= 0.6 is 11.6 Å². The number of ketones is 1. The van der Waals surface area contributed by atoms with Gasteiger partial charge in [-0.25, -0.2) is 0 Å². The maximum atomic E-state index is 12.3. The molecule has 0 aliphatic heterocycles. The first kappa shape index (κ1) is 19.8. The van der Waals surface area contributed by atoms with Crippen LogP contribution in [0.2, 0.25) is 5.02 Å². The number of Topliss-reactive ketones (excluding diaryl/α,β-unsaturated/α-hetero) is 1. The highest BCUT2D eigenvalue weighted by molar-refractivity contribution is 6.30. The molecule has 0 aliphatic carbocycles. The molecule has 3 N–H and O–H groups in total. The third-order valence-electron chi connectivity index (χ3n) is 3.62. The van der Waals surface area contributed by atoms with Crippen LogP contribution in [0.25, 0.3) is 0 Å². The van der Waals surface area contributed by atoms with Gasteiger partial charge in [0.05, 0.1) is 5.56 Å². The van der Waals surface area contributed by atoms with Crippen molar-refractivity contribution in [3.63, 3.8) is 0 Å². The fourth-order valence-corrected chi connectivity index (χ4v) is 2.68. The van der Waals surface area contributed by atoms with Crippen molar-refractivity contribution in [3.8, 4) is 11.5 Å². The zero-order valence-corrected chi connectivity index (χ0v) is 15.7. The molecule has 0 radical (unpaired) electrons. The van der Waals surface area contributed by atoms with E-state index in [2.05, 4.69) is 5.32 Å². The minimum atomic E-state index is -0.445. The van der Waals surface area contributed by atoms with Crippen molar-refractivity contribution in [1.82, 2.24) is 5.32 Å². The van der Waals surface area contributed by atoms with Gasteiger partial charge >= 0.3 is 0 Å². The lowest BCUT2D eigenvalue weighted by Crippen LogP contribution is -2.40. The number of amides is 1. The molecule has 1 amide bonds. The highest BCUT2D eigenvalue weighted by Crippen LogP contribution is 2.24. The molecule has 6 heteroatoms. The summed E-state index contributed by atoms with van der Waals surface area (Å²) in [6.45, 7) is 5.52. The van der Waals surface area contributed by atoms with E-state index in [1.165, 1.54) is 18.2 Å². The molecule has 2 aromatic carbocycles. The number of phenolic OH excluding ortho intramolecular Hbond substituents is 2. The van der Waals surface area contributed by atoms with Crippen LogP contribution in [-0.4, -0.2) is 27.4 Å². The van der Waals surface area contributed by atoms with E-state index in [1.54, 1.807) is 18.2 Å². The first-order valence-electron chi connectivity index (χ1n) is 8.18. The maximum absolute atomic E-state index is 12.3. The largest absolute Gasteiger partial charge is 0.508 e. The summed E-state index contributed by atoms with van der Waals surface area (Å²) in [5, 5.41) is 23.0. The number of hydrogen-bond acceptors (Lipinski definition) is 4. The van der Waals surface area contributed by atoms with Gasteiger partial charge in [0, 0.05) is 29.0 Å². The molecule has 5 nitrogen and oxygen atoms in total. The Labute approximate surface area is 157 Å². The number of carbonyl (C=O) groups is 2. The van der Waals surface area contributed by atoms with Gasteiger partial charge in [-0.3, -0.25) is 9.59 Å². The van der Waals surface area contributed by atoms with E-state index in [4.69, 9.17) is 11.6 Å². The van der Waals surface area contributed by atoms with Crippen LogP contribution in [0, 0.1) is 0 Å². The molecule has 138 valence electrons. The van der Waals surface area contributed by atoms with Crippen LogP contribution < -0.4 is 5.32 Å². The van der Waals surface area contributed by atoms with Crippen LogP contribution in [0.4, 0.5) is 0 Å². The summed E-state index contributed by atoms with van der Waals surface area (Å²) in [7, 11) is 0. The zero-order valence-electron chi connectivity index (χ0n) is 15.0. The average molecular weight is 376 g/mol. The fourth-order valence-electron chi connectivity index (χ4n) is 2.48. The van der Waals surface area contributed by atoms with Gasteiger partial charge in [0.15, 0.2) is 0 Å². The lowest BCUT2D eigenvalue weighted by molar-refractivity contribution is -0.117. The summed E-state index contributed by atoms with van der Waals surface area (Å²) < 4.78 is 0. The molecule has 0 unspecified atom stereocenters. The number of rotatable bonds is 5. The zero-order chi connectivity index (χ0) is 19.5. The lowest BCUT2D eigenvalue weighted by Gasteiger charge is -2.21. The molecule has 0 aliphatic rings. The molecule has 0 aromatic heterocycles. The van der Waals surface area contributed by atoms with Crippen LogP contribution in [0.1, 0.15) is 42.3 Å². The summed E-state index contributed by atoms with van der Waals surface area (Å²) in [5.74, 6) is -0.679. The first-order valence-corrected chi connectivity index (χ1v) is 8.56. The van der Waals surface area contributed by atoms with Gasteiger partial charge in [-0.2, -0.15) is 0 Å². The lowest BCUT2D eigenvalue weighted by atomic mass is 9.99. The number of halogens is 1. The Morgan fingerprint density at radius 3 is 2.31 bits per heavy atom. The molecule has 0 bridgehead atoms. The fraction of sp³-hybridized carbons (Fsp3) is 0.300. The number of carbonyl (C=O) groups excluding carboxylic acids is 2. The van der Waals surface area contributed by atoms with Crippen molar-refractivity contribution >= 4 is 23.3 Å². The number of benzene rings is 2. The Kier molecular flexibility index (Phi) is 5.93. The monoisotopic (exact) mass is 375 g/mol. The van der Waals surface area contributed by atoms with Crippen LogP contribution in [0.15, 0.2) is 36.4 Å². The van der Waals surface area contributed by atoms with E-state index in [0.717, 1.165) is 0 Å². The summed E-state index contributed by atoms with van der Waals surface area (Å²) in [6.07, 6.45) is 0.0961. The highest BCUT2D eigenvalue weighted by atomic mass is 35.5. The Morgan fingerprint density at radius 2 is 1.65 bits per heavy atom. The normalized spacial score (nSPS) is 11.2. The molecule has 0 saturated carbocycles. The molecule has 0 atom stereocenters. The van der Waals surface area contributed by atoms with E-state index in [1.807, 2.05) is 20.8 Å². The van der Waals surface area contributed by atoms with E-state index in [9.17, 15) is 19.8 Å². The molecule has 0 heterocycles. The standard InChI is InChI=1S/C20H22ClNO4/c1-20(2,3)22-19(26)16-9-12(4-6-18(16)25)8-15(23)11-13-10-14(21)5-7-17(13)24/h4-7,9-10,24-25H,8,11H2,1-3H3,(H,22,26). The van der Waals surface area contributed by atoms with Gasteiger partial charge in [-0.1, -0.05) is 17.7 Å². The Hall–Kier alpha value is -2.53. The third kappa shape index (κ3) is 5.49. The summed E-state index contributed by atoms with van der Waals surface area (Å²) >= 11 is 5.89. The van der Waals surface area contributed by atoms with Gasteiger partial charge in [0.2, 0.25) is 0 Å². The smallest absolute Gasteiger partial charge is 0.255 e. The van der Waals surface area contributed by atoms with Crippen molar-refractivity contribution in [2.45, 2.75) is 39.2 Å². The summed E-state index contributed by atoms with van der Waals surface area (Å²) in [6, 6.07) is 9.04. The van der Waals surface area contributed by atoms with E-state index < -0.39 is 11.4 Å². The van der Waals surface area contributed by atoms with Gasteiger partial charge < -0.3 is 15.5 Å². The van der Waals surface area contributed by atoms with Crippen molar-refractivity contribution in [2.24, 2.45) is 0 Å². The van der Waals surface area contributed by atoms with Crippen molar-refractivity contribution in [2.75, 3.05) is 0 Å². The Bertz CT molecular complexity index is 840. The predicted octanol–water partition coefficient (Wildman–Crippen LogP) is 3.63. The molecule has 2 aromatic rings. The molecule has 26 heavy (non-hydrogen) atoms. The quantitative estimate of drug-likeness (QED) is 0.744. The van der Waals surface area contributed by atoms with Crippen molar-refractivity contribution in [3.05, 3.63) is 58.1 Å². The maximum Gasteiger partial charge on any atom is 0.255 e. The predicted molar refractivity (Wildman–Crippen MR) is 101 cm³/mol. The summed E-state index contributed by atoms with van der Waals surface area (Å²) in [4.78, 5) is 24.6. The summed E-state index contributed by atoms with van der Waals surface area (Å²) in [5.41, 5.74) is 0.732. The van der Waals surface area contributed by atoms with Crippen LogP contribution in [-0.2, 0) is 17.6 Å². The topological polar surface area (TPSA) is 86.6 Å². The molecular weight excluding hydrogens is 354 g/mol. The van der Waals surface area contributed by atoms with E-state index in [0.29, 0.717) is 16.1 Å². The Morgan fingerprint density at radius 1 is 1.00 bits per heavy atom. The molecule has 2 rings (SSSR count). The van der Waals surface area contributed by atoms with Gasteiger partial charge in [-0.15, -0.1) is 0 Å². The second kappa shape index (κ2) is 7.79. The molecule has 0 fully saturated rings. The molecular formula is C20H22ClNO4. The van der Waals surface area contributed by atoms with E-state index >= 15 is 0 Å². The van der Waals surface area contributed by atoms with Gasteiger partial charge in [0.25, 0.3) is 5.91 Å². The number of aromatic hydroxyl groups is 2. The number of phenols is 2. The van der Waals surface area contributed by atoms with Crippen LogP contribution in [0.5, 0.6) is 11.5 Å². The highest BCUT2D eigenvalue weighted by Gasteiger charge is 2.19. The minimum Gasteiger partial charge on any atom is -0.508 e. The first-order chi connectivity index (χ1) is 12.0. The number of hydrogen-bond donors (Lipinski definition) is 3.